The second kappa shape index (κ2) is 7.31. The van der Waals surface area contributed by atoms with Crippen LogP contribution in [-0.4, -0.2) is 42.3 Å². The van der Waals surface area contributed by atoms with E-state index in [1.165, 1.54) is 12.1 Å². The summed E-state index contributed by atoms with van der Waals surface area (Å²) in [5.74, 6) is 0.0330. The minimum Gasteiger partial charge on any atom is -0.465 e. The summed E-state index contributed by atoms with van der Waals surface area (Å²) in [6.45, 7) is 2.43. The number of hydrogen-bond acceptors (Lipinski definition) is 4. The molecule has 0 saturated carbocycles. The number of carbonyl (C=O) groups is 2. The number of benzene rings is 1. The fourth-order valence-corrected chi connectivity index (χ4v) is 3.30. The standard InChI is InChI=1S/C14H17FN2O3S/c1-2-20-12(18)9-16-14(19)17-7-8-21-13(17)10-3-5-11(15)6-4-10/h3-6,13H,2,7-9H2,1H3,(H,16,19)/t13-/m0/s1. The summed E-state index contributed by atoms with van der Waals surface area (Å²) < 4.78 is 17.7. The summed E-state index contributed by atoms with van der Waals surface area (Å²) in [7, 11) is 0. The molecule has 1 N–H and O–H groups in total. The Kier molecular flexibility index (Phi) is 5.44. The maximum Gasteiger partial charge on any atom is 0.325 e. The van der Waals surface area contributed by atoms with Gasteiger partial charge in [0, 0.05) is 12.3 Å². The van der Waals surface area contributed by atoms with Gasteiger partial charge in [0.1, 0.15) is 17.7 Å². The second-order valence-corrected chi connectivity index (χ2v) is 5.62. The van der Waals surface area contributed by atoms with E-state index < -0.39 is 5.97 Å². The molecule has 21 heavy (non-hydrogen) atoms. The van der Waals surface area contributed by atoms with E-state index in [0.29, 0.717) is 6.54 Å². The van der Waals surface area contributed by atoms with Crippen molar-refractivity contribution < 1.29 is 18.7 Å². The molecule has 1 saturated heterocycles. The topological polar surface area (TPSA) is 58.6 Å². The van der Waals surface area contributed by atoms with Crippen LogP contribution in [0.15, 0.2) is 24.3 Å². The molecule has 1 aromatic carbocycles. The first kappa shape index (κ1) is 15.6. The summed E-state index contributed by atoms with van der Waals surface area (Å²) in [5, 5.41) is 2.39. The minimum atomic E-state index is -0.462. The van der Waals surface area contributed by atoms with Crippen LogP contribution in [0, 0.1) is 5.82 Å². The zero-order chi connectivity index (χ0) is 15.2. The molecule has 2 rings (SSSR count). The fraction of sp³-hybridized carbons (Fsp3) is 0.429. The van der Waals surface area contributed by atoms with Crippen molar-refractivity contribution in [2.24, 2.45) is 0 Å². The van der Waals surface area contributed by atoms with Crippen LogP contribution in [0.25, 0.3) is 0 Å². The number of nitrogens with one attached hydrogen (secondary N) is 1. The SMILES string of the molecule is CCOC(=O)CNC(=O)N1CCS[C@H]1c1ccc(F)cc1. The van der Waals surface area contributed by atoms with Crippen molar-refractivity contribution in [3.63, 3.8) is 0 Å². The Morgan fingerprint density at radius 1 is 1.43 bits per heavy atom. The van der Waals surface area contributed by atoms with Crippen LogP contribution in [0.2, 0.25) is 0 Å². The predicted molar refractivity (Wildman–Crippen MR) is 78.3 cm³/mol. The lowest BCUT2D eigenvalue weighted by atomic mass is 10.2. The Labute approximate surface area is 126 Å². The molecule has 1 aliphatic heterocycles. The summed E-state index contributed by atoms with van der Waals surface area (Å²) in [6.07, 6.45) is 0. The Morgan fingerprint density at radius 3 is 2.81 bits per heavy atom. The summed E-state index contributed by atoms with van der Waals surface area (Å²) in [4.78, 5) is 25.0. The van der Waals surface area contributed by atoms with Gasteiger partial charge in [-0.3, -0.25) is 4.79 Å². The van der Waals surface area contributed by atoms with E-state index in [2.05, 4.69) is 5.32 Å². The lowest BCUT2D eigenvalue weighted by Gasteiger charge is -2.24. The average Bonchev–Trinajstić information content (AvgIpc) is 2.95. The van der Waals surface area contributed by atoms with E-state index in [9.17, 15) is 14.0 Å². The quantitative estimate of drug-likeness (QED) is 0.866. The average molecular weight is 312 g/mol. The molecule has 0 spiro atoms. The van der Waals surface area contributed by atoms with Gasteiger partial charge in [-0.25, -0.2) is 9.18 Å². The van der Waals surface area contributed by atoms with Gasteiger partial charge in [0.05, 0.1) is 6.61 Å². The highest BCUT2D eigenvalue weighted by atomic mass is 32.2. The highest BCUT2D eigenvalue weighted by molar-refractivity contribution is 7.99. The highest BCUT2D eigenvalue weighted by Gasteiger charge is 2.30. The first-order valence-electron chi connectivity index (χ1n) is 6.69. The summed E-state index contributed by atoms with van der Waals surface area (Å²) >= 11 is 1.61. The molecule has 0 aromatic heterocycles. The number of amides is 2. The molecular formula is C14H17FN2O3S. The molecule has 1 aromatic rings. The van der Waals surface area contributed by atoms with Crippen molar-refractivity contribution in [3.05, 3.63) is 35.6 Å². The molecule has 2 amide bonds. The van der Waals surface area contributed by atoms with Crippen LogP contribution in [0.3, 0.4) is 0 Å². The van der Waals surface area contributed by atoms with Crippen LogP contribution in [0.5, 0.6) is 0 Å². The van der Waals surface area contributed by atoms with Gasteiger partial charge in [-0.2, -0.15) is 0 Å². The lowest BCUT2D eigenvalue weighted by molar-refractivity contribution is -0.141. The number of urea groups is 1. The third kappa shape index (κ3) is 4.10. The van der Waals surface area contributed by atoms with Crippen molar-refractivity contribution in [2.45, 2.75) is 12.3 Å². The van der Waals surface area contributed by atoms with Gasteiger partial charge in [-0.05, 0) is 24.6 Å². The molecule has 0 aliphatic carbocycles. The smallest absolute Gasteiger partial charge is 0.325 e. The van der Waals surface area contributed by atoms with E-state index in [1.54, 1.807) is 35.7 Å². The lowest BCUT2D eigenvalue weighted by Crippen LogP contribution is -2.41. The molecule has 0 radical (unpaired) electrons. The summed E-state index contributed by atoms with van der Waals surface area (Å²) in [6, 6.07) is 5.78. The molecule has 1 heterocycles. The molecule has 7 heteroatoms. The van der Waals surface area contributed by atoms with E-state index in [-0.39, 0.29) is 30.4 Å². The van der Waals surface area contributed by atoms with Crippen LogP contribution >= 0.6 is 11.8 Å². The van der Waals surface area contributed by atoms with Crippen molar-refractivity contribution in [1.29, 1.82) is 0 Å². The molecule has 1 fully saturated rings. The normalized spacial score (nSPS) is 17.6. The van der Waals surface area contributed by atoms with E-state index in [0.717, 1.165) is 11.3 Å². The van der Waals surface area contributed by atoms with Gasteiger partial charge in [-0.1, -0.05) is 12.1 Å². The molecule has 0 unspecified atom stereocenters. The van der Waals surface area contributed by atoms with Crippen molar-refractivity contribution in [2.75, 3.05) is 25.4 Å². The Balaban J connectivity index is 1.96. The van der Waals surface area contributed by atoms with Crippen LogP contribution < -0.4 is 5.32 Å². The first-order valence-corrected chi connectivity index (χ1v) is 7.74. The number of esters is 1. The zero-order valence-corrected chi connectivity index (χ0v) is 12.5. The Morgan fingerprint density at radius 2 is 2.14 bits per heavy atom. The minimum absolute atomic E-state index is 0.149. The second-order valence-electron chi connectivity index (χ2n) is 4.43. The van der Waals surface area contributed by atoms with E-state index >= 15 is 0 Å². The molecule has 1 aliphatic rings. The van der Waals surface area contributed by atoms with Gasteiger partial charge in [0.25, 0.3) is 0 Å². The van der Waals surface area contributed by atoms with Crippen molar-refractivity contribution in [3.8, 4) is 0 Å². The number of nitrogens with zero attached hydrogens (tertiary/aromatic N) is 1. The van der Waals surface area contributed by atoms with E-state index in [1.807, 2.05) is 0 Å². The molecule has 0 bridgehead atoms. The van der Waals surface area contributed by atoms with Crippen LogP contribution in [0.1, 0.15) is 17.9 Å². The van der Waals surface area contributed by atoms with E-state index in [4.69, 9.17) is 4.74 Å². The molecular weight excluding hydrogens is 295 g/mol. The molecule has 114 valence electrons. The third-order valence-corrected chi connectivity index (χ3v) is 4.26. The Hall–Kier alpha value is -1.76. The number of ether oxygens (including phenoxy) is 1. The van der Waals surface area contributed by atoms with Gasteiger partial charge in [0.2, 0.25) is 0 Å². The number of halogens is 1. The van der Waals surface area contributed by atoms with Crippen molar-refractivity contribution in [1.82, 2.24) is 10.2 Å². The largest absolute Gasteiger partial charge is 0.465 e. The maximum atomic E-state index is 13.0. The highest BCUT2D eigenvalue weighted by Crippen LogP contribution is 2.37. The van der Waals surface area contributed by atoms with Crippen LogP contribution in [-0.2, 0) is 9.53 Å². The number of rotatable bonds is 4. The number of thioether (sulfide) groups is 1. The fourth-order valence-electron chi connectivity index (χ4n) is 2.04. The zero-order valence-electron chi connectivity index (χ0n) is 11.7. The third-order valence-electron chi connectivity index (χ3n) is 3.00. The maximum absolute atomic E-state index is 13.0. The molecule has 1 atom stereocenters. The first-order chi connectivity index (χ1) is 10.1. The van der Waals surface area contributed by atoms with Gasteiger partial charge >= 0.3 is 12.0 Å². The molecule has 5 nitrogen and oxygen atoms in total. The monoisotopic (exact) mass is 312 g/mol. The van der Waals surface area contributed by atoms with Gasteiger partial charge in [0.15, 0.2) is 0 Å². The van der Waals surface area contributed by atoms with Crippen molar-refractivity contribution >= 4 is 23.8 Å². The Bertz CT molecular complexity index is 509. The van der Waals surface area contributed by atoms with Crippen LogP contribution in [0.4, 0.5) is 9.18 Å². The summed E-state index contributed by atoms with van der Waals surface area (Å²) in [5.41, 5.74) is 0.866. The number of hydrogen-bond donors (Lipinski definition) is 1. The predicted octanol–water partition coefficient (Wildman–Crippen LogP) is 2.15. The number of carbonyl (C=O) groups excluding carboxylic acids is 2. The van der Waals surface area contributed by atoms with Gasteiger partial charge in [-0.15, -0.1) is 11.8 Å². The van der Waals surface area contributed by atoms with Gasteiger partial charge < -0.3 is 15.0 Å².